The maximum absolute atomic E-state index is 13.2. The Kier molecular flexibility index (Phi) is 21.5. The summed E-state index contributed by atoms with van der Waals surface area (Å²) in [5.74, 6) is 0.805. The highest BCUT2D eigenvalue weighted by molar-refractivity contribution is 5.91. The molecule has 0 bridgehead atoms. The minimum atomic E-state index is -0.305. The molecule has 0 heterocycles. The first-order chi connectivity index (χ1) is 24.6. The minimum Gasteiger partial charge on any atom is -0.423 e. The zero-order chi connectivity index (χ0) is 35.7. The molecule has 0 spiro atoms. The third-order valence-electron chi connectivity index (χ3n) is 10.3. The average molecular weight is 683 g/mol. The molecule has 0 radical (unpaired) electrons. The summed E-state index contributed by atoms with van der Waals surface area (Å²) < 4.78 is 12.2. The number of rotatable bonds is 28. The molecule has 276 valence electrons. The Labute approximate surface area is 307 Å². The number of benzene rings is 3. The predicted octanol–water partition coefficient (Wildman–Crippen LogP) is 15.0. The summed E-state index contributed by atoms with van der Waals surface area (Å²) in [6.45, 7) is 9.71. The van der Waals surface area contributed by atoms with Gasteiger partial charge in [-0.2, -0.15) is 0 Å². The maximum Gasteiger partial charge on any atom is 0.343 e. The van der Waals surface area contributed by atoms with Crippen molar-refractivity contribution < 1.29 is 14.3 Å². The highest BCUT2D eigenvalue weighted by atomic mass is 16.5. The van der Waals surface area contributed by atoms with Crippen LogP contribution < -0.4 is 4.74 Å². The topological polar surface area (TPSA) is 35.5 Å². The minimum absolute atomic E-state index is 0.0827. The Morgan fingerprint density at radius 2 is 1.04 bits per heavy atom. The van der Waals surface area contributed by atoms with Crippen molar-refractivity contribution in [3.05, 3.63) is 89.5 Å². The van der Waals surface area contributed by atoms with Gasteiger partial charge < -0.3 is 9.47 Å². The van der Waals surface area contributed by atoms with Crippen molar-refractivity contribution in [3.8, 4) is 16.9 Å². The summed E-state index contributed by atoms with van der Waals surface area (Å²) in [6, 6.07) is 24.5. The molecule has 0 amide bonds. The molecule has 3 rings (SSSR count). The zero-order valence-corrected chi connectivity index (χ0v) is 32.4. The first kappa shape index (κ1) is 41.5. The number of hydrogen-bond donors (Lipinski definition) is 0. The van der Waals surface area contributed by atoms with Crippen LogP contribution in [0.2, 0.25) is 0 Å². The summed E-state index contributed by atoms with van der Waals surface area (Å²) >= 11 is 0. The molecule has 0 aliphatic carbocycles. The van der Waals surface area contributed by atoms with Gasteiger partial charge in [0.05, 0.1) is 11.7 Å². The molecule has 0 saturated heterocycles. The van der Waals surface area contributed by atoms with Crippen LogP contribution in [-0.2, 0) is 4.74 Å². The zero-order valence-electron chi connectivity index (χ0n) is 32.4. The largest absolute Gasteiger partial charge is 0.423 e. The number of esters is 1. The molecule has 0 N–H and O–H groups in total. The van der Waals surface area contributed by atoms with Gasteiger partial charge >= 0.3 is 5.97 Å². The summed E-state index contributed by atoms with van der Waals surface area (Å²) in [6.07, 6.45) is 27.9. The Balaban J connectivity index is 1.32. The van der Waals surface area contributed by atoms with E-state index in [9.17, 15) is 4.79 Å². The van der Waals surface area contributed by atoms with Gasteiger partial charge in [0, 0.05) is 6.61 Å². The number of para-hydroxylation sites is 1. The number of carbonyl (C=O) groups is 1. The monoisotopic (exact) mass is 683 g/mol. The summed E-state index contributed by atoms with van der Waals surface area (Å²) in [7, 11) is 0. The Hall–Kier alpha value is -2.91. The van der Waals surface area contributed by atoms with Crippen LogP contribution >= 0.6 is 0 Å². The summed E-state index contributed by atoms with van der Waals surface area (Å²) in [5.41, 5.74) is 5.12. The van der Waals surface area contributed by atoms with E-state index < -0.39 is 0 Å². The molecule has 0 aromatic heterocycles. The van der Waals surface area contributed by atoms with Gasteiger partial charge in [0.1, 0.15) is 5.75 Å². The fraction of sp³-hybridized carbons (Fsp3) is 0.596. The van der Waals surface area contributed by atoms with E-state index in [-0.39, 0.29) is 12.1 Å². The normalized spacial score (nSPS) is 12.6. The van der Waals surface area contributed by atoms with Crippen LogP contribution in [0.15, 0.2) is 72.8 Å². The number of ether oxygens (including phenoxy) is 2. The fourth-order valence-corrected chi connectivity index (χ4v) is 7.08. The SMILES string of the molecule is CCCCCCCCCCCCCCCCCCOC(C)c1ccc(-c2ccc(C(=O)Oc3ccccc3C(CCC)CCCC)cc2)cc1. The molecular weight excluding hydrogens is 613 g/mol. The molecule has 3 nitrogen and oxygen atoms in total. The standard InChI is InChI=1S/C47H70O3/c1-5-8-10-11-12-13-14-15-16-17-18-19-20-21-22-25-38-49-39(4)40-30-32-41(33-31-40)42-34-36-44(37-35-42)47(48)50-46-29-24-23-28-45(46)43(26-7-3)27-9-6-2/h23-24,28-37,39,43H,5-22,25-27,38H2,1-4H3. The van der Waals surface area contributed by atoms with Gasteiger partial charge in [0.15, 0.2) is 0 Å². The second-order valence-electron chi connectivity index (χ2n) is 14.6. The van der Waals surface area contributed by atoms with E-state index in [2.05, 4.69) is 64.1 Å². The summed E-state index contributed by atoms with van der Waals surface area (Å²) in [4.78, 5) is 13.2. The Bertz CT molecular complexity index is 1280. The third-order valence-corrected chi connectivity index (χ3v) is 10.3. The van der Waals surface area contributed by atoms with Crippen LogP contribution in [0.4, 0.5) is 0 Å². The number of carbonyl (C=O) groups excluding carboxylic acids is 1. The van der Waals surface area contributed by atoms with Crippen molar-refractivity contribution in [2.75, 3.05) is 6.61 Å². The van der Waals surface area contributed by atoms with Crippen LogP contribution in [0.1, 0.15) is 196 Å². The second-order valence-corrected chi connectivity index (χ2v) is 14.6. The van der Waals surface area contributed by atoms with Gasteiger partial charge in [-0.3, -0.25) is 0 Å². The Morgan fingerprint density at radius 1 is 0.540 bits per heavy atom. The molecule has 3 aromatic carbocycles. The van der Waals surface area contributed by atoms with Gasteiger partial charge in [-0.05, 0) is 72.6 Å². The fourth-order valence-electron chi connectivity index (χ4n) is 7.08. The van der Waals surface area contributed by atoms with Gasteiger partial charge in [-0.1, -0.05) is 191 Å². The van der Waals surface area contributed by atoms with E-state index in [0.717, 1.165) is 49.0 Å². The van der Waals surface area contributed by atoms with Crippen molar-refractivity contribution in [3.63, 3.8) is 0 Å². The van der Waals surface area contributed by atoms with Crippen LogP contribution in [-0.4, -0.2) is 12.6 Å². The lowest BCUT2D eigenvalue weighted by Gasteiger charge is -2.19. The van der Waals surface area contributed by atoms with Crippen molar-refractivity contribution in [2.24, 2.45) is 0 Å². The number of unbranched alkanes of at least 4 members (excludes halogenated alkanes) is 16. The van der Waals surface area contributed by atoms with Crippen LogP contribution in [0.3, 0.4) is 0 Å². The molecule has 0 saturated carbocycles. The van der Waals surface area contributed by atoms with Crippen molar-refractivity contribution in [2.45, 2.75) is 175 Å². The van der Waals surface area contributed by atoms with E-state index in [1.165, 1.54) is 115 Å². The van der Waals surface area contributed by atoms with Gasteiger partial charge in [-0.25, -0.2) is 4.79 Å². The molecule has 0 aliphatic rings. The highest BCUT2D eigenvalue weighted by Gasteiger charge is 2.18. The molecule has 2 unspecified atom stereocenters. The average Bonchev–Trinajstić information content (AvgIpc) is 3.15. The maximum atomic E-state index is 13.2. The first-order valence-corrected chi connectivity index (χ1v) is 20.7. The molecule has 0 fully saturated rings. The molecule has 3 aromatic rings. The van der Waals surface area contributed by atoms with Gasteiger partial charge in [0.25, 0.3) is 0 Å². The third kappa shape index (κ3) is 16.0. The second kappa shape index (κ2) is 26.0. The van der Waals surface area contributed by atoms with E-state index in [1.807, 2.05) is 36.4 Å². The summed E-state index contributed by atoms with van der Waals surface area (Å²) in [5, 5.41) is 0. The van der Waals surface area contributed by atoms with E-state index in [1.54, 1.807) is 0 Å². The Morgan fingerprint density at radius 3 is 1.58 bits per heavy atom. The van der Waals surface area contributed by atoms with Crippen LogP contribution in [0.5, 0.6) is 5.75 Å². The van der Waals surface area contributed by atoms with Crippen molar-refractivity contribution in [1.29, 1.82) is 0 Å². The highest BCUT2D eigenvalue weighted by Crippen LogP contribution is 2.34. The molecule has 2 atom stereocenters. The van der Waals surface area contributed by atoms with E-state index in [4.69, 9.17) is 9.47 Å². The molecule has 3 heteroatoms. The van der Waals surface area contributed by atoms with Crippen LogP contribution in [0.25, 0.3) is 11.1 Å². The lowest BCUT2D eigenvalue weighted by molar-refractivity contribution is 0.0627. The first-order valence-electron chi connectivity index (χ1n) is 20.7. The lowest BCUT2D eigenvalue weighted by atomic mass is 9.89. The quantitative estimate of drug-likeness (QED) is 0.0434. The van der Waals surface area contributed by atoms with Gasteiger partial charge in [-0.15, -0.1) is 0 Å². The lowest BCUT2D eigenvalue weighted by Crippen LogP contribution is -2.11. The molecular formula is C47H70O3. The van der Waals surface area contributed by atoms with Gasteiger partial charge in [0.2, 0.25) is 0 Å². The van der Waals surface area contributed by atoms with E-state index in [0.29, 0.717) is 17.2 Å². The smallest absolute Gasteiger partial charge is 0.343 e. The van der Waals surface area contributed by atoms with Crippen molar-refractivity contribution >= 4 is 5.97 Å². The predicted molar refractivity (Wildman–Crippen MR) is 214 cm³/mol. The molecule has 50 heavy (non-hydrogen) atoms. The van der Waals surface area contributed by atoms with Crippen LogP contribution in [0, 0.1) is 0 Å². The number of hydrogen-bond acceptors (Lipinski definition) is 3. The molecule has 0 aliphatic heterocycles. The van der Waals surface area contributed by atoms with E-state index >= 15 is 0 Å². The van der Waals surface area contributed by atoms with Crippen molar-refractivity contribution in [1.82, 2.24) is 0 Å².